The van der Waals surface area contributed by atoms with Gasteiger partial charge in [-0.1, -0.05) is 0 Å². The Morgan fingerprint density at radius 1 is 0.388 bits per heavy atom. The Bertz CT molecular complexity index is 1970. The molecule has 6 atom stereocenters. The molecule has 0 radical (unpaired) electrons. The van der Waals surface area contributed by atoms with E-state index >= 15 is 0 Å². The Hall–Kier alpha value is -7.78. The average Bonchev–Trinajstić information content (AvgIpc) is 3.39. The van der Waals surface area contributed by atoms with Crippen LogP contribution in [0.25, 0.3) is 0 Å². The molecule has 0 aliphatic rings. The first kappa shape index (κ1) is 74.3. The number of benzene rings is 1. The maximum Gasteiger partial charge on any atom is 0.251 e. The van der Waals surface area contributed by atoms with Gasteiger partial charge in [0.1, 0.15) is 30.6 Å². The van der Waals surface area contributed by atoms with Gasteiger partial charge in [-0.05, 0) is 147 Å². The van der Waals surface area contributed by atoms with Crippen molar-refractivity contribution < 1.29 is 47.9 Å². The fourth-order valence-electron chi connectivity index (χ4n) is 6.71. The number of unbranched alkanes of at least 4 members (excludes halogenated alkanes) is 4. The smallest absolute Gasteiger partial charge is 0.251 e. The first-order chi connectivity index (χ1) is 37.8. The van der Waals surface area contributed by atoms with Crippen LogP contribution in [0.4, 0.5) is 0 Å². The molecule has 34 N–H and O–H groups in total. The molecular formula is C48H92N22O10. The minimum absolute atomic E-state index is 0.0418. The molecule has 0 saturated carbocycles. The number of nitrogens with one attached hydrogen (secondary N) is 6. The second-order valence-electron chi connectivity index (χ2n) is 18.1. The molecule has 0 bridgehead atoms. The van der Waals surface area contributed by atoms with Crippen LogP contribution in [-0.2, 0) is 38.4 Å². The number of nitrogens with zero attached hydrogens (tertiary/aromatic N) is 2. The maximum absolute atomic E-state index is 12.4. The molecule has 0 aliphatic heterocycles. The van der Waals surface area contributed by atoms with Gasteiger partial charge in [-0.15, -0.1) is 0 Å². The first-order valence-corrected chi connectivity index (χ1v) is 26.3. The summed E-state index contributed by atoms with van der Waals surface area (Å²) in [4.78, 5) is 125. The van der Waals surface area contributed by atoms with Crippen molar-refractivity contribution >= 4 is 71.0 Å². The Kier molecular flexibility index (Phi) is 41.9. The normalized spacial score (nSPS) is 12.7. The zero-order chi connectivity index (χ0) is 61.0. The fourth-order valence-corrected chi connectivity index (χ4v) is 6.71. The number of hydrogen-bond donors (Lipinski definition) is 20. The number of amides is 10. The zero-order valence-electron chi connectivity index (χ0n) is 45.8. The van der Waals surface area contributed by atoms with Crippen LogP contribution >= 0.6 is 0 Å². The molecule has 1 rings (SSSR count). The van der Waals surface area contributed by atoms with Crippen LogP contribution in [-0.4, -0.2) is 160 Å². The van der Waals surface area contributed by atoms with Gasteiger partial charge in [0, 0.05) is 37.3 Å². The highest BCUT2D eigenvalue weighted by molar-refractivity contribution is 6.01. The van der Waals surface area contributed by atoms with E-state index in [0.29, 0.717) is 123 Å². The third-order valence-electron chi connectivity index (χ3n) is 11.3. The second-order valence-corrected chi connectivity index (χ2v) is 18.1. The van der Waals surface area contributed by atoms with Crippen LogP contribution in [0.2, 0.25) is 0 Å². The van der Waals surface area contributed by atoms with Crippen LogP contribution in [0.5, 0.6) is 0 Å². The molecule has 0 saturated heterocycles. The zero-order valence-corrected chi connectivity index (χ0v) is 45.8. The van der Waals surface area contributed by atoms with Gasteiger partial charge in [-0.2, -0.15) is 0 Å². The van der Waals surface area contributed by atoms with Crippen molar-refractivity contribution in [2.24, 2.45) is 90.3 Å². The molecule has 1 aromatic rings. The van der Waals surface area contributed by atoms with E-state index in [0.717, 1.165) is 12.8 Å². The SMILES string of the molecule is NC(N)=NCCC(N)C(=O)NCCCNC(=O)C(N)CCN=C(N)N.NCCCCC(NC(=O)CC(=O)NC(CCCCN)C(N)=O)C(N)=O.NCCCCC(NC(=O)c1ccc(C(=O)NC(CCCCN)C(N)=O)cc1)C(N)=O. The number of guanidine groups is 2. The van der Waals surface area contributed by atoms with E-state index in [1.807, 2.05) is 0 Å². The van der Waals surface area contributed by atoms with E-state index in [1.165, 1.54) is 24.3 Å². The van der Waals surface area contributed by atoms with Crippen molar-refractivity contribution in [3.05, 3.63) is 35.4 Å². The molecule has 32 heteroatoms. The molecule has 80 heavy (non-hydrogen) atoms. The lowest BCUT2D eigenvalue weighted by molar-refractivity contribution is -0.134. The van der Waals surface area contributed by atoms with E-state index in [-0.39, 0.29) is 47.9 Å². The summed E-state index contributed by atoms with van der Waals surface area (Å²) in [7, 11) is 0. The van der Waals surface area contributed by atoms with Crippen LogP contribution in [0.15, 0.2) is 34.3 Å². The van der Waals surface area contributed by atoms with Gasteiger partial charge in [0.25, 0.3) is 11.8 Å². The van der Waals surface area contributed by atoms with E-state index in [2.05, 4.69) is 41.9 Å². The molecule has 0 aliphatic carbocycles. The van der Waals surface area contributed by atoms with Crippen molar-refractivity contribution in [1.29, 1.82) is 0 Å². The Balaban J connectivity index is 0. The summed E-state index contributed by atoms with van der Waals surface area (Å²) < 4.78 is 0. The summed E-state index contributed by atoms with van der Waals surface area (Å²) in [5, 5.41) is 15.3. The highest BCUT2D eigenvalue weighted by Gasteiger charge is 2.24. The summed E-state index contributed by atoms with van der Waals surface area (Å²) in [6, 6.07) is 1.13. The lowest BCUT2D eigenvalue weighted by Crippen LogP contribution is -2.48. The Morgan fingerprint density at radius 3 is 0.912 bits per heavy atom. The summed E-state index contributed by atoms with van der Waals surface area (Å²) in [5.74, 6) is -5.54. The van der Waals surface area contributed by atoms with Crippen LogP contribution in [0, 0.1) is 0 Å². The standard InChI is InChI=1S/C20H32N6O4.C15H30N6O4.C13H30N10O2/c21-11-3-1-5-15(17(23)27)25-19(29)13-7-9-14(10-8-13)20(30)26-16(18(24)28)6-2-4-12-22;16-7-3-1-5-10(14(18)24)20-12(22)9-13(23)21-11(15(19)25)6-2-4-8-17;14-8(2-6-22-12(16)17)10(24)20-4-1-5-21-11(25)9(15)3-7-23-13(18)19/h7-10,15-16H,1-6,11-12,21-22H2,(H2,23,27)(H2,24,28)(H,25,29)(H,26,30);10-11H,1-9,16-17H2,(H2,18,24)(H2,19,25)(H,20,22)(H,21,23);8-9H,1-7,14-15H2,(H,20,24)(H,21,25)(H4,16,17,22)(H4,18,19,23). The van der Waals surface area contributed by atoms with Crippen molar-refractivity contribution in [2.75, 3.05) is 52.4 Å². The van der Waals surface area contributed by atoms with Gasteiger partial charge in [0.2, 0.25) is 47.3 Å². The van der Waals surface area contributed by atoms with E-state index in [4.69, 9.17) is 80.3 Å². The lowest BCUT2D eigenvalue weighted by Gasteiger charge is -2.17. The third-order valence-corrected chi connectivity index (χ3v) is 11.3. The summed E-state index contributed by atoms with van der Waals surface area (Å²) in [6.07, 6.45) is 7.61. The number of carbonyl (C=O) groups excluding carboxylic acids is 10. The number of aliphatic imine (C=N–C) groups is 2. The number of hydrogen-bond acceptors (Lipinski definition) is 18. The van der Waals surface area contributed by atoms with Gasteiger partial charge in [0.15, 0.2) is 11.9 Å². The van der Waals surface area contributed by atoms with Crippen molar-refractivity contribution in [3.8, 4) is 0 Å². The summed E-state index contributed by atoms with van der Waals surface area (Å²) >= 11 is 0. The summed E-state index contributed by atoms with van der Waals surface area (Å²) in [5.41, 5.74) is 75.4. The van der Waals surface area contributed by atoms with Crippen molar-refractivity contribution in [2.45, 2.75) is 139 Å². The average molecular weight is 1140 g/mol. The van der Waals surface area contributed by atoms with Crippen LogP contribution in [0.1, 0.15) is 123 Å². The van der Waals surface area contributed by atoms with Gasteiger partial charge >= 0.3 is 0 Å². The number of primary amides is 4. The fraction of sp³-hybridized carbons (Fsp3) is 0.625. The molecule has 0 fully saturated rings. The van der Waals surface area contributed by atoms with Crippen molar-refractivity contribution in [3.63, 3.8) is 0 Å². The molecule has 454 valence electrons. The highest BCUT2D eigenvalue weighted by atomic mass is 16.2. The Labute approximate surface area is 466 Å². The molecule has 0 aromatic heterocycles. The van der Waals surface area contributed by atoms with Crippen LogP contribution < -0.4 is 112 Å². The minimum Gasteiger partial charge on any atom is -0.370 e. The van der Waals surface area contributed by atoms with Crippen LogP contribution in [0.3, 0.4) is 0 Å². The van der Waals surface area contributed by atoms with Gasteiger partial charge in [-0.3, -0.25) is 57.9 Å². The van der Waals surface area contributed by atoms with Gasteiger partial charge in [0.05, 0.1) is 12.1 Å². The first-order valence-electron chi connectivity index (χ1n) is 26.3. The highest BCUT2D eigenvalue weighted by Crippen LogP contribution is 2.09. The van der Waals surface area contributed by atoms with E-state index < -0.39 is 89.9 Å². The topological polar surface area (TPSA) is 632 Å². The van der Waals surface area contributed by atoms with E-state index in [1.54, 1.807) is 0 Å². The number of carbonyl (C=O) groups is 10. The van der Waals surface area contributed by atoms with Gasteiger partial charge in [-0.25, -0.2) is 0 Å². The monoisotopic (exact) mass is 1140 g/mol. The maximum atomic E-state index is 12.4. The molecule has 0 heterocycles. The third kappa shape index (κ3) is 37.9. The van der Waals surface area contributed by atoms with Crippen molar-refractivity contribution in [1.82, 2.24) is 31.9 Å². The summed E-state index contributed by atoms with van der Waals surface area (Å²) in [6.45, 7) is 3.24. The number of rotatable bonds is 40. The Morgan fingerprint density at radius 2 is 0.662 bits per heavy atom. The second kappa shape index (κ2) is 45.1. The van der Waals surface area contributed by atoms with E-state index in [9.17, 15) is 47.9 Å². The molecular weight excluding hydrogens is 1040 g/mol. The molecule has 6 unspecified atom stereocenters. The largest absolute Gasteiger partial charge is 0.370 e. The minimum atomic E-state index is -0.858. The molecule has 32 nitrogen and oxygen atoms in total. The predicted molar refractivity (Wildman–Crippen MR) is 303 cm³/mol. The van der Waals surface area contributed by atoms with Gasteiger partial charge < -0.3 is 112 Å². The quantitative estimate of drug-likeness (QED) is 0.0126. The number of nitrogens with two attached hydrogens (primary N) is 14. The lowest BCUT2D eigenvalue weighted by atomic mass is 10.1. The molecule has 10 amide bonds. The molecule has 0 spiro atoms. The predicted octanol–water partition coefficient (Wildman–Crippen LogP) is -7.72. The molecule has 1 aromatic carbocycles.